The maximum atomic E-state index is 13.5. The van der Waals surface area contributed by atoms with Gasteiger partial charge in [0.1, 0.15) is 5.04 Å². The number of carbonyl (C=O) groups is 2. The molecule has 1 fully saturated rings. The molecule has 32 heavy (non-hydrogen) atoms. The molecule has 8 heteroatoms. The average molecular weight is 482 g/mol. The van der Waals surface area contributed by atoms with Crippen LogP contribution in [0.5, 0.6) is 0 Å². The van der Waals surface area contributed by atoms with E-state index in [2.05, 4.69) is 0 Å². The van der Waals surface area contributed by atoms with Crippen LogP contribution in [0.25, 0.3) is 0 Å². The van der Waals surface area contributed by atoms with Gasteiger partial charge in [0.05, 0.1) is 4.88 Å². The first-order valence-corrected chi connectivity index (χ1v) is 12.5. The maximum Gasteiger partial charge on any atom is 0.256 e. The number of hydrogen-bond acceptors (Lipinski definition) is 5. The van der Waals surface area contributed by atoms with Crippen molar-refractivity contribution in [1.29, 1.82) is 5.41 Å². The number of thioether (sulfide) groups is 1. The van der Waals surface area contributed by atoms with Crippen molar-refractivity contribution in [3.8, 4) is 0 Å². The first kappa shape index (κ1) is 21.2. The van der Waals surface area contributed by atoms with Gasteiger partial charge in [0.15, 0.2) is 5.66 Å². The van der Waals surface area contributed by atoms with Crippen molar-refractivity contribution in [2.45, 2.75) is 12.1 Å². The molecule has 0 bridgehead atoms. The molecule has 2 aliphatic heterocycles. The molecule has 162 valence electrons. The Morgan fingerprint density at radius 3 is 2.62 bits per heavy atom. The zero-order chi connectivity index (χ0) is 22.3. The van der Waals surface area contributed by atoms with Gasteiger partial charge < -0.3 is 9.80 Å². The van der Waals surface area contributed by atoms with Gasteiger partial charge in [-0.2, -0.15) is 0 Å². The van der Waals surface area contributed by atoms with Gasteiger partial charge in [-0.15, -0.1) is 23.1 Å². The quantitative estimate of drug-likeness (QED) is 0.409. The van der Waals surface area contributed by atoms with E-state index in [0.717, 1.165) is 16.0 Å². The number of benzene rings is 2. The van der Waals surface area contributed by atoms with Crippen LogP contribution in [0.15, 0.2) is 66.0 Å². The lowest BCUT2D eigenvalue weighted by molar-refractivity contribution is -0.136. The SMILES string of the molecule is N=C(SCCC(=O)N1CCN2C(=O)c3ccccc3C12c1ccc(Cl)cc1)c1cccs1. The van der Waals surface area contributed by atoms with Crippen LogP contribution >= 0.6 is 34.7 Å². The van der Waals surface area contributed by atoms with Crippen LogP contribution in [0.4, 0.5) is 0 Å². The topological polar surface area (TPSA) is 64.5 Å². The largest absolute Gasteiger partial charge is 0.310 e. The van der Waals surface area contributed by atoms with Crippen molar-refractivity contribution in [2.24, 2.45) is 0 Å². The third-order valence-electron chi connectivity index (χ3n) is 5.96. The van der Waals surface area contributed by atoms with Gasteiger partial charge in [0, 0.05) is 47.0 Å². The van der Waals surface area contributed by atoms with Crippen LogP contribution in [-0.4, -0.2) is 45.5 Å². The molecule has 3 aromatic rings. The molecule has 3 heterocycles. The molecule has 0 aliphatic carbocycles. The summed E-state index contributed by atoms with van der Waals surface area (Å²) in [5, 5.41) is 11.2. The molecule has 1 N–H and O–H groups in total. The molecule has 2 aromatic carbocycles. The lowest BCUT2D eigenvalue weighted by Crippen LogP contribution is -2.51. The number of nitrogens with zero attached hydrogens (tertiary/aromatic N) is 2. The van der Waals surface area contributed by atoms with Gasteiger partial charge >= 0.3 is 0 Å². The maximum absolute atomic E-state index is 13.5. The highest BCUT2D eigenvalue weighted by atomic mass is 35.5. The number of hydrogen-bond donors (Lipinski definition) is 1. The minimum atomic E-state index is -0.957. The van der Waals surface area contributed by atoms with Crippen molar-refractivity contribution in [3.63, 3.8) is 0 Å². The number of carbonyl (C=O) groups excluding carboxylic acids is 2. The molecule has 1 atom stereocenters. The summed E-state index contributed by atoms with van der Waals surface area (Å²) in [5.41, 5.74) is 1.36. The smallest absolute Gasteiger partial charge is 0.256 e. The van der Waals surface area contributed by atoms with Crippen LogP contribution in [0.2, 0.25) is 5.02 Å². The predicted octanol–water partition coefficient (Wildman–Crippen LogP) is 5.05. The number of rotatable bonds is 5. The van der Waals surface area contributed by atoms with Gasteiger partial charge in [0.25, 0.3) is 5.91 Å². The summed E-state index contributed by atoms with van der Waals surface area (Å²) in [4.78, 5) is 31.3. The molecular weight excluding hydrogens is 462 g/mol. The van der Waals surface area contributed by atoms with Crippen molar-refractivity contribution in [2.75, 3.05) is 18.8 Å². The Kier molecular flexibility index (Phi) is 5.57. The van der Waals surface area contributed by atoms with E-state index in [1.54, 1.807) is 17.0 Å². The molecule has 2 aliphatic rings. The second-order valence-electron chi connectivity index (χ2n) is 7.63. The standard InChI is InChI=1S/C24H20ClN3O2S2/c25-17-9-7-16(8-10-17)24-19-5-2-1-4-18(19)23(30)28(24)13-12-27(24)21(29)11-15-32-22(26)20-6-3-14-31-20/h1-10,14,26H,11-13,15H2. The second-order valence-corrected chi connectivity index (χ2v) is 10.1. The lowest BCUT2D eigenvalue weighted by atomic mass is 9.89. The van der Waals surface area contributed by atoms with Gasteiger partial charge in [-0.1, -0.05) is 48.0 Å². The molecule has 5 nitrogen and oxygen atoms in total. The Morgan fingerprint density at radius 1 is 1.09 bits per heavy atom. The normalized spacial score (nSPS) is 19.2. The Morgan fingerprint density at radius 2 is 1.88 bits per heavy atom. The van der Waals surface area contributed by atoms with Crippen molar-refractivity contribution >= 4 is 51.6 Å². The van der Waals surface area contributed by atoms with E-state index in [0.29, 0.717) is 34.5 Å². The third-order valence-corrected chi connectivity index (χ3v) is 8.15. The first-order valence-electron chi connectivity index (χ1n) is 10.3. The number of fused-ring (bicyclic) bond motifs is 3. The van der Waals surface area contributed by atoms with Crippen LogP contribution in [-0.2, 0) is 10.5 Å². The molecule has 0 saturated carbocycles. The highest BCUT2D eigenvalue weighted by Gasteiger charge is 2.59. The minimum absolute atomic E-state index is 0.0292. The summed E-state index contributed by atoms with van der Waals surface area (Å²) in [6.45, 7) is 0.939. The van der Waals surface area contributed by atoms with E-state index < -0.39 is 5.66 Å². The highest BCUT2D eigenvalue weighted by Crippen LogP contribution is 2.49. The predicted molar refractivity (Wildman–Crippen MR) is 130 cm³/mol. The summed E-state index contributed by atoms with van der Waals surface area (Å²) in [5.74, 6) is 0.427. The van der Waals surface area contributed by atoms with Crippen LogP contribution in [0.3, 0.4) is 0 Å². The van der Waals surface area contributed by atoms with Crippen LogP contribution in [0, 0.1) is 5.41 Å². The molecule has 1 saturated heterocycles. The van der Waals surface area contributed by atoms with Gasteiger partial charge in [0.2, 0.25) is 5.91 Å². The van der Waals surface area contributed by atoms with Gasteiger partial charge in [-0.05, 0) is 29.6 Å². The zero-order valence-electron chi connectivity index (χ0n) is 17.1. The Labute approximate surface area is 199 Å². The van der Waals surface area contributed by atoms with Gasteiger partial charge in [-0.25, -0.2) is 0 Å². The summed E-state index contributed by atoms with van der Waals surface area (Å²) in [7, 11) is 0. The van der Waals surface area contributed by atoms with E-state index in [1.807, 2.05) is 58.8 Å². The fraction of sp³-hybridized carbons (Fsp3) is 0.208. The van der Waals surface area contributed by atoms with Crippen LogP contribution < -0.4 is 0 Å². The van der Waals surface area contributed by atoms with Crippen LogP contribution in [0.1, 0.15) is 32.8 Å². The second kappa shape index (κ2) is 8.39. The lowest BCUT2D eigenvalue weighted by Gasteiger charge is -2.40. The number of halogens is 1. The van der Waals surface area contributed by atoms with E-state index in [1.165, 1.54) is 23.1 Å². The van der Waals surface area contributed by atoms with Gasteiger partial charge in [-0.3, -0.25) is 15.0 Å². The number of amides is 2. The fourth-order valence-corrected chi connectivity index (χ4v) is 6.34. The minimum Gasteiger partial charge on any atom is -0.310 e. The van der Waals surface area contributed by atoms with Crippen molar-refractivity contribution < 1.29 is 9.59 Å². The average Bonchev–Trinajstić information content (AvgIpc) is 3.52. The molecule has 0 radical (unpaired) electrons. The summed E-state index contributed by atoms with van der Waals surface area (Å²) in [6.07, 6.45) is 0.290. The Balaban J connectivity index is 1.47. The Bertz CT molecular complexity index is 1200. The summed E-state index contributed by atoms with van der Waals surface area (Å²) in [6, 6.07) is 18.8. The number of thiophene rings is 1. The number of nitrogens with one attached hydrogen (secondary N) is 1. The van der Waals surface area contributed by atoms with E-state index in [-0.39, 0.29) is 18.2 Å². The molecule has 2 amide bonds. The molecule has 5 rings (SSSR count). The summed E-state index contributed by atoms with van der Waals surface area (Å²) >= 11 is 9.04. The highest BCUT2D eigenvalue weighted by molar-refractivity contribution is 8.14. The monoisotopic (exact) mass is 481 g/mol. The Hall–Kier alpha value is -2.61. The molecular formula is C24H20ClN3O2S2. The van der Waals surface area contributed by atoms with E-state index in [4.69, 9.17) is 17.0 Å². The molecule has 1 aromatic heterocycles. The molecule has 1 unspecified atom stereocenters. The van der Waals surface area contributed by atoms with E-state index in [9.17, 15) is 9.59 Å². The first-order chi connectivity index (χ1) is 15.5. The van der Waals surface area contributed by atoms with Crippen molar-refractivity contribution in [3.05, 3.63) is 92.6 Å². The van der Waals surface area contributed by atoms with E-state index >= 15 is 0 Å². The summed E-state index contributed by atoms with van der Waals surface area (Å²) < 4.78 is 0. The van der Waals surface area contributed by atoms with Crippen molar-refractivity contribution in [1.82, 2.24) is 9.80 Å². The third kappa shape index (κ3) is 3.27. The fourth-order valence-electron chi connectivity index (χ4n) is 4.64. The zero-order valence-corrected chi connectivity index (χ0v) is 19.5. The molecule has 0 spiro atoms.